The first-order valence-electron chi connectivity index (χ1n) is 5.91. The SMILES string of the molecule is Cl.O=C(O)C(c1ccc(F)cc1)N1CCCCC1. The molecule has 3 nitrogen and oxygen atoms in total. The highest BCUT2D eigenvalue weighted by molar-refractivity contribution is 5.85. The van der Waals surface area contributed by atoms with Crippen molar-refractivity contribution in [2.45, 2.75) is 25.3 Å². The van der Waals surface area contributed by atoms with Gasteiger partial charge in [-0.2, -0.15) is 0 Å². The molecule has 1 saturated heterocycles. The molecule has 1 aliphatic heterocycles. The first-order chi connectivity index (χ1) is 8.18. The van der Waals surface area contributed by atoms with Crippen molar-refractivity contribution in [1.29, 1.82) is 0 Å². The van der Waals surface area contributed by atoms with Gasteiger partial charge in [0.2, 0.25) is 0 Å². The lowest BCUT2D eigenvalue weighted by atomic mass is 10.0. The molecule has 0 aromatic heterocycles. The summed E-state index contributed by atoms with van der Waals surface area (Å²) in [4.78, 5) is 13.3. The van der Waals surface area contributed by atoms with Gasteiger partial charge in [0, 0.05) is 0 Å². The number of carboxylic acids is 1. The van der Waals surface area contributed by atoms with Gasteiger partial charge in [-0.05, 0) is 43.6 Å². The number of likely N-dealkylation sites (tertiary alicyclic amines) is 1. The number of benzene rings is 1. The van der Waals surface area contributed by atoms with Gasteiger partial charge in [0.25, 0.3) is 0 Å². The van der Waals surface area contributed by atoms with Crippen molar-refractivity contribution < 1.29 is 14.3 Å². The molecule has 0 saturated carbocycles. The number of halogens is 2. The second kappa shape index (κ2) is 6.71. The van der Waals surface area contributed by atoms with Crippen LogP contribution < -0.4 is 0 Å². The minimum atomic E-state index is -0.862. The number of piperidine rings is 1. The predicted octanol–water partition coefficient (Wildman–Crippen LogP) is 2.86. The Morgan fingerprint density at radius 1 is 1.17 bits per heavy atom. The molecule has 1 atom stereocenters. The van der Waals surface area contributed by atoms with Gasteiger partial charge in [-0.15, -0.1) is 12.4 Å². The van der Waals surface area contributed by atoms with E-state index in [1.165, 1.54) is 12.1 Å². The van der Waals surface area contributed by atoms with E-state index in [4.69, 9.17) is 0 Å². The predicted molar refractivity (Wildman–Crippen MR) is 69.4 cm³/mol. The molecule has 1 N–H and O–H groups in total. The zero-order chi connectivity index (χ0) is 12.3. The van der Waals surface area contributed by atoms with Crippen molar-refractivity contribution in [2.75, 3.05) is 13.1 Å². The van der Waals surface area contributed by atoms with Crippen LogP contribution in [0.3, 0.4) is 0 Å². The highest BCUT2D eigenvalue weighted by Gasteiger charge is 2.28. The monoisotopic (exact) mass is 273 g/mol. The van der Waals surface area contributed by atoms with E-state index in [0.29, 0.717) is 5.56 Å². The van der Waals surface area contributed by atoms with Gasteiger partial charge >= 0.3 is 5.97 Å². The van der Waals surface area contributed by atoms with Crippen LogP contribution in [-0.4, -0.2) is 29.1 Å². The van der Waals surface area contributed by atoms with Crippen LogP contribution in [0.5, 0.6) is 0 Å². The lowest BCUT2D eigenvalue weighted by molar-refractivity contribution is -0.144. The Hall–Kier alpha value is -1.13. The molecular weight excluding hydrogens is 257 g/mol. The summed E-state index contributed by atoms with van der Waals surface area (Å²) in [5, 5.41) is 9.31. The average molecular weight is 274 g/mol. The highest BCUT2D eigenvalue weighted by atomic mass is 35.5. The van der Waals surface area contributed by atoms with E-state index >= 15 is 0 Å². The number of rotatable bonds is 3. The topological polar surface area (TPSA) is 40.5 Å². The van der Waals surface area contributed by atoms with Crippen LogP contribution in [-0.2, 0) is 4.79 Å². The maximum absolute atomic E-state index is 12.8. The summed E-state index contributed by atoms with van der Waals surface area (Å²) in [6, 6.07) is 5.10. The van der Waals surface area contributed by atoms with Crippen LogP contribution in [0.25, 0.3) is 0 Å². The molecule has 1 aromatic carbocycles. The number of hydrogen-bond acceptors (Lipinski definition) is 2. The van der Waals surface area contributed by atoms with Gasteiger partial charge in [0.05, 0.1) is 0 Å². The lowest BCUT2D eigenvalue weighted by Gasteiger charge is -2.32. The molecule has 1 aliphatic rings. The maximum atomic E-state index is 12.8. The van der Waals surface area contributed by atoms with Crippen LogP contribution in [0, 0.1) is 5.82 Å². The Kier molecular flexibility index (Phi) is 5.56. The fraction of sp³-hybridized carbons (Fsp3) is 0.462. The third kappa shape index (κ3) is 3.43. The van der Waals surface area contributed by atoms with Crippen LogP contribution in [0.15, 0.2) is 24.3 Å². The Bertz CT molecular complexity index is 390. The first-order valence-corrected chi connectivity index (χ1v) is 5.91. The molecule has 1 aromatic rings. The molecule has 0 bridgehead atoms. The van der Waals surface area contributed by atoms with Gasteiger partial charge in [0.15, 0.2) is 0 Å². The summed E-state index contributed by atoms with van der Waals surface area (Å²) < 4.78 is 12.8. The smallest absolute Gasteiger partial charge is 0.325 e. The summed E-state index contributed by atoms with van der Waals surface area (Å²) in [7, 11) is 0. The van der Waals surface area contributed by atoms with E-state index in [-0.39, 0.29) is 18.2 Å². The molecular formula is C13H17ClFNO2. The first kappa shape index (κ1) is 14.9. The molecule has 1 unspecified atom stereocenters. The van der Waals surface area contributed by atoms with Gasteiger partial charge < -0.3 is 5.11 Å². The zero-order valence-electron chi connectivity index (χ0n) is 10.0. The van der Waals surface area contributed by atoms with E-state index in [1.54, 1.807) is 12.1 Å². The molecule has 2 rings (SSSR count). The van der Waals surface area contributed by atoms with Crippen LogP contribution in [0.4, 0.5) is 4.39 Å². The third-order valence-electron chi connectivity index (χ3n) is 3.18. The van der Waals surface area contributed by atoms with Crippen LogP contribution in [0.1, 0.15) is 30.9 Å². The van der Waals surface area contributed by atoms with Crippen molar-refractivity contribution in [3.63, 3.8) is 0 Å². The number of carbonyl (C=O) groups is 1. The molecule has 5 heteroatoms. The molecule has 0 amide bonds. The average Bonchev–Trinajstić information content (AvgIpc) is 2.33. The molecule has 0 radical (unpaired) electrons. The highest BCUT2D eigenvalue weighted by Crippen LogP contribution is 2.25. The summed E-state index contributed by atoms with van der Waals surface area (Å²) in [6.45, 7) is 1.60. The molecule has 0 aliphatic carbocycles. The van der Waals surface area contributed by atoms with Crippen molar-refractivity contribution in [1.82, 2.24) is 4.90 Å². The Morgan fingerprint density at radius 3 is 2.22 bits per heavy atom. The van der Waals surface area contributed by atoms with Gasteiger partial charge in [0.1, 0.15) is 11.9 Å². The second-order valence-corrected chi connectivity index (χ2v) is 4.39. The van der Waals surface area contributed by atoms with E-state index in [0.717, 1.165) is 32.4 Å². The number of nitrogens with zero attached hydrogens (tertiary/aromatic N) is 1. The van der Waals surface area contributed by atoms with Crippen LogP contribution in [0.2, 0.25) is 0 Å². The van der Waals surface area contributed by atoms with E-state index in [1.807, 2.05) is 4.90 Å². The standard InChI is InChI=1S/C13H16FNO2.ClH/c14-11-6-4-10(5-7-11)12(13(16)17)15-8-2-1-3-9-15;/h4-7,12H,1-3,8-9H2,(H,16,17);1H. The normalized spacial score (nSPS) is 17.8. The minimum absolute atomic E-state index is 0. The second-order valence-electron chi connectivity index (χ2n) is 4.39. The van der Waals surface area contributed by atoms with E-state index in [9.17, 15) is 14.3 Å². The molecule has 18 heavy (non-hydrogen) atoms. The fourth-order valence-corrected chi connectivity index (χ4v) is 2.33. The molecule has 1 heterocycles. The fourth-order valence-electron chi connectivity index (χ4n) is 2.33. The lowest BCUT2D eigenvalue weighted by Crippen LogP contribution is -2.37. The summed E-state index contributed by atoms with van der Waals surface area (Å²) in [6.07, 6.45) is 3.22. The van der Waals surface area contributed by atoms with Crippen molar-refractivity contribution in [3.05, 3.63) is 35.6 Å². The number of carboxylic acid groups (broad SMARTS) is 1. The van der Waals surface area contributed by atoms with Crippen molar-refractivity contribution in [3.8, 4) is 0 Å². The van der Waals surface area contributed by atoms with E-state index in [2.05, 4.69) is 0 Å². The molecule has 100 valence electrons. The summed E-state index contributed by atoms with van der Waals surface area (Å²) in [5.74, 6) is -1.20. The molecule has 0 spiro atoms. The van der Waals surface area contributed by atoms with Gasteiger partial charge in [-0.25, -0.2) is 4.39 Å². The summed E-state index contributed by atoms with van der Waals surface area (Å²) in [5.41, 5.74) is 0.654. The van der Waals surface area contributed by atoms with Crippen molar-refractivity contribution >= 4 is 18.4 Å². The quantitative estimate of drug-likeness (QED) is 0.921. The Morgan fingerprint density at radius 2 is 1.72 bits per heavy atom. The van der Waals surface area contributed by atoms with E-state index < -0.39 is 12.0 Å². The Balaban J connectivity index is 0.00000162. The largest absolute Gasteiger partial charge is 0.480 e. The Labute approximate surface area is 112 Å². The summed E-state index contributed by atoms with van der Waals surface area (Å²) >= 11 is 0. The maximum Gasteiger partial charge on any atom is 0.325 e. The molecule has 1 fully saturated rings. The van der Waals surface area contributed by atoms with Gasteiger partial charge in [-0.1, -0.05) is 18.6 Å². The van der Waals surface area contributed by atoms with Gasteiger partial charge in [-0.3, -0.25) is 9.69 Å². The zero-order valence-corrected chi connectivity index (χ0v) is 10.8. The van der Waals surface area contributed by atoms with Crippen LogP contribution >= 0.6 is 12.4 Å². The number of aliphatic carboxylic acids is 1. The minimum Gasteiger partial charge on any atom is -0.480 e. The third-order valence-corrected chi connectivity index (χ3v) is 3.18. The number of hydrogen-bond donors (Lipinski definition) is 1. The van der Waals surface area contributed by atoms with Crippen molar-refractivity contribution in [2.24, 2.45) is 0 Å².